The van der Waals surface area contributed by atoms with E-state index < -0.39 is 0 Å². The summed E-state index contributed by atoms with van der Waals surface area (Å²) < 4.78 is 5.36. The van der Waals surface area contributed by atoms with Gasteiger partial charge in [0.25, 0.3) is 0 Å². The van der Waals surface area contributed by atoms with Gasteiger partial charge in [0.2, 0.25) is 0 Å². The Bertz CT molecular complexity index is 1320. The number of hydrogen-bond acceptors (Lipinski definition) is 3. The zero-order valence-electron chi connectivity index (χ0n) is 16.6. The molecular weight excluding hydrogens is 356 g/mol. The molecule has 0 aliphatic rings. The standard InChI is InChI=1S/C26H22N2O/c1-3-28(22-8-5-9-23(16-22)29-2)27-17-21-13-12-20-11-10-18-6-4-7-19-14-15-24(21)26(20)25(18)19/h4-17H,3H2,1-2H3/b27-17-. The minimum Gasteiger partial charge on any atom is -0.497 e. The van der Waals surface area contributed by atoms with E-state index in [0.717, 1.165) is 23.5 Å². The highest BCUT2D eigenvalue weighted by Gasteiger charge is 2.10. The monoisotopic (exact) mass is 378 g/mol. The number of methoxy groups -OCH3 is 1. The molecule has 0 fully saturated rings. The molecule has 0 heterocycles. The summed E-state index contributed by atoms with van der Waals surface area (Å²) in [6.07, 6.45) is 1.97. The molecule has 0 unspecified atom stereocenters. The molecule has 0 spiro atoms. The molecule has 3 heteroatoms. The van der Waals surface area contributed by atoms with Gasteiger partial charge in [-0.25, -0.2) is 0 Å². The summed E-state index contributed by atoms with van der Waals surface area (Å²) in [6.45, 7) is 2.87. The van der Waals surface area contributed by atoms with Crippen LogP contribution in [0.2, 0.25) is 0 Å². The highest BCUT2D eigenvalue weighted by Crippen LogP contribution is 2.35. The van der Waals surface area contributed by atoms with Gasteiger partial charge in [-0.3, -0.25) is 5.01 Å². The lowest BCUT2D eigenvalue weighted by atomic mass is 9.92. The number of ether oxygens (including phenoxy) is 1. The summed E-state index contributed by atoms with van der Waals surface area (Å²) in [7, 11) is 1.68. The van der Waals surface area contributed by atoms with Gasteiger partial charge in [0.1, 0.15) is 5.75 Å². The molecule has 5 rings (SSSR count). The van der Waals surface area contributed by atoms with Crippen LogP contribution in [-0.4, -0.2) is 19.9 Å². The van der Waals surface area contributed by atoms with E-state index in [1.54, 1.807) is 7.11 Å². The van der Waals surface area contributed by atoms with Gasteiger partial charge < -0.3 is 4.74 Å². The van der Waals surface area contributed by atoms with E-state index in [-0.39, 0.29) is 0 Å². The lowest BCUT2D eigenvalue weighted by molar-refractivity contribution is 0.415. The Morgan fingerprint density at radius 2 is 1.52 bits per heavy atom. The third-order valence-electron chi connectivity index (χ3n) is 5.55. The predicted octanol–water partition coefficient (Wildman–Crippen LogP) is 6.45. The second-order valence-electron chi connectivity index (χ2n) is 7.17. The van der Waals surface area contributed by atoms with E-state index in [9.17, 15) is 0 Å². The van der Waals surface area contributed by atoms with Crippen molar-refractivity contribution in [3.05, 3.63) is 84.4 Å². The smallest absolute Gasteiger partial charge is 0.120 e. The van der Waals surface area contributed by atoms with Crippen LogP contribution in [0.25, 0.3) is 32.3 Å². The molecule has 0 aliphatic heterocycles. The summed E-state index contributed by atoms with van der Waals surface area (Å²) in [5.74, 6) is 0.832. The van der Waals surface area contributed by atoms with Crippen molar-refractivity contribution in [1.82, 2.24) is 0 Å². The highest BCUT2D eigenvalue weighted by molar-refractivity contribution is 6.25. The number of benzene rings is 5. The van der Waals surface area contributed by atoms with Gasteiger partial charge in [0.15, 0.2) is 0 Å². The third-order valence-corrected chi connectivity index (χ3v) is 5.55. The molecule has 29 heavy (non-hydrogen) atoms. The fraction of sp³-hybridized carbons (Fsp3) is 0.115. The maximum atomic E-state index is 5.36. The molecule has 142 valence electrons. The van der Waals surface area contributed by atoms with E-state index in [1.807, 2.05) is 35.5 Å². The molecule has 5 aromatic carbocycles. The number of nitrogens with zero attached hydrogens (tertiary/aromatic N) is 2. The summed E-state index contributed by atoms with van der Waals surface area (Å²) in [5, 5.41) is 14.5. The number of hydrogen-bond donors (Lipinski definition) is 0. The Kier molecular flexibility index (Phi) is 4.28. The number of hydrazone groups is 1. The molecule has 0 saturated heterocycles. The van der Waals surface area contributed by atoms with Crippen molar-refractivity contribution in [3.8, 4) is 5.75 Å². The molecule has 0 aliphatic carbocycles. The Morgan fingerprint density at radius 3 is 2.28 bits per heavy atom. The summed E-state index contributed by atoms with van der Waals surface area (Å²) in [6, 6.07) is 27.7. The maximum Gasteiger partial charge on any atom is 0.120 e. The fourth-order valence-electron chi connectivity index (χ4n) is 4.10. The molecule has 3 nitrogen and oxygen atoms in total. The Balaban J connectivity index is 1.62. The lowest BCUT2D eigenvalue weighted by Gasteiger charge is -2.18. The van der Waals surface area contributed by atoms with Crippen LogP contribution in [0.5, 0.6) is 5.75 Å². The first kappa shape index (κ1) is 17.5. The summed E-state index contributed by atoms with van der Waals surface area (Å²) >= 11 is 0. The predicted molar refractivity (Wildman–Crippen MR) is 124 cm³/mol. The molecule has 5 aromatic rings. The van der Waals surface area contributed by atoms with Crippen molar-refractivity contribution in [3.63, 3.8) is 0 Å². The minimum atomic E-state index is 0.773. The molecule has 0 bridgehead atoms. The average Bonchev–Trinajstić information content (AvgIpc) is 2.78. The SMILES string of the molecule is CCN(/N=C\c1ccc2ccc3cccc4ccc1c2c34)c1cccc(OC)c1. The van der Waals surface area contributed by atoms with Gasteiger partial charge in [-0.2, -0.15) is 5.10 Å². The fourth-order valence-corrected chi connectivity index (χ4v) is 4.10. The quantitative estimate of drug-likeness (QED) is 0.199. The first-order valence-electron chi connectivity index (χ1n) is 9.90. The van der Waals surface area contributed by atoms with Crippen LogP contribution >= 0.6 is 0 Å². The van der Waals surface area contributed by atoms with Gasteiger partial charge in [-0.05, 0) is 51.4 Å². The highest BCUT2D eigenvalue weighted by atomic mass is 16.5. The third kappa shape index (κ3) is 2.95. The zero-order chi connectivity index (χ0) is 19.8. The van der Waals surface area contributed by atoms with Crippen LogP contribution in [0, 0.1) is 0 Å². The van der Waals surface area contributed by atoms with E-state index in [2.05, 4.69) is 61.5 Å². The van der Waals surface area contributed by atoms with Crippen molar-refractivity contribution >= 4 is 44.2 Å². The van der Waals surface area contributed by atoms with E-state index >= 15 is 0 Å². The van der Waals surface area contributed by atoms with E-state index in [0.29, 0.717) is 0 Å². The number of anilines is 1. The second kappa shape index (κ2) is 7.10. The Labute approximate surface area is 170 Å². The minimum absolute atomic E-state index is 0.773. The van der Waals surface area contributed by atoms with Crippen LogP contribution in [0.4, 0.5) is 5.69 Å². The molecule has 0 atom stereocenters. The molecular formula is C26H22N2O. The van der Waals surface area contributed by atoms with Crippen LogP contribution in [0.1, 0.15) is 12.5 Å². The lowest BCUT2D eigenvalue weighted by Crippen LogP contribution is -2.15. The van der Waals surface area contributed by atoms with Gasteiger partial charge in [-0.1, -0.05) is 60.7 Å². The van der Waals surface area contributed by atoms with Crippen LogP contribution in [0.3, 0.4) is 0 Å². The van der Waals surface area contributed by atoms with Crippen molar-refractivity contribution in [2.75, 3.05) is 18.7 Å². The first-order valence-corrected chi connectivity index (χ1v) is 9.90. The van der Waals surface area contributed by atoms with Crippen LogP contribution in [-0.2, 0) is 0 Å². The van der Waals surface area contributed by atoms with Crippen molar-refractivity contribution < 1.29 is 4.74 Å². The van der Waals surface area contributed by atoms with Crippen LogP contribution in [0.15, 0.2) is 84.0 Å². The van der Waals surface area contributed by atoms with Crippen molar-refractivity contribution in [2.45, 2.75) is 6.92 Å². The molecule has 0 amide bonds. The Hall–Kier alpha value is -3.59. The van der Waals surface area contributed by atoms with E-state index in [4.69, 9.17) is 9.84 Å². The van der Waals surface area contributed by atoms with E-state index in [1.165, 1.54) is 32.3 Å². The van der Waals surface area contributed by atoms with Crippen LogP contribution < -0.4 is 9.75 Å². The average molecular weight is 378 g/mol. The first-order chi connectivity index (χ1) is 14.3. The molecule has 0 N–H and O–H groups in total. The normalized spacial score (nSPS) is 11.8. The molecule has 0 radical (unpaired) electrons. The van der Waals surface area contributed by atoms with Gasteiger partial charge in [0.05, 0.1) is 19.0 Å². The summed E-state index contributed by atoms with van der Waals surface area (Å²) in [4.78, 5) is 0. The molecule has 0 saturated carbocycles. The topological polar surface area (TPSA) is 24.8 Å². The molecule has 0 aromatic heterocycles. The second-order valence-corrected chi connectivity index (χ2v) is 7.17. The number of rotatable bonds is 5. The van der Waals surface area contributed by atoms with Crippen molar-refractivity contribution in [2.24, 2.45) is 5.10 Å². The van der Waals surface area contributed by atoms with Gasteiger partial charge in [-0.15, -0.1) is 0 Å². The maximum absolute atomic E-state index is 5.36. The zero-order valence-corrected chi connectivity index (χ0v) is 16.6. The summed E-state index contributed by atoms with van der Waals surface area (Å²) in [5.41, 5.74) is 2.14. The van der Waals surface area contributed by atoms with Crippen molar-refractivity contribution in [1.29, 1.82) is 0 Å². The largest absolute Gasteiger partial charge is 0.497 e. The van der Waals surface area contributed by atoms with Gasteiger partial charge >= 0.3 is 0 Å². The van der Waals surface area contributed by atoms with Gasteiger partial charge in [0, 0.05) is 18.2 Å². The Morgan fingerprint density at radius 1 is 0.828 bits per heavy atom.